The molecule has 0 saturated carbocycles. The van der Waals surface area contributed by atoms with Crippen LogP contribution >= 0.6 is 0 Å². The van der Waals surface area contributed by atoms with Crippen LogP contribution in [-0.4, -0.2) is 50.0 Å². The zero-order valence-corrected chi connectivity index (χ0v) is 11.5. The van der Waals surface area contributed by atoms with Gasteiger partial charge >= 0.3 is 0 Å². The van der Waals surface area contributed by atoms with E-state index in [9.17, 15) is 9.59 Å². The van der Waals surface area contributed by atoms with Crippen LogP contribution < -0.4 is 15.4 Å². The van der Waals surface area contributed by atoms with Gasteiger partial charge in [0.05, 0.1) is 19.3 Å². The summed E-state index contributed by atoms with van der Waals surface area (Å²) in [4.78, 5) is 25.1. The van der Waals surface area contributed by atoms with Crippen molar-refractivity contribution in [1.29, 1.82) is 0 Å². The number of nitrogens with one attached hydrogen (secondary N) is 2. The highest BCUT2D eigenvalue weighted by atomic mass is 16.5. The monoisotopic (exact) mass is 277 g/mol. The first-order chi connectivity index (χ1) is 9.69. The molecule has 1 aromatic carbocycles. The number of benzene rings is 1. The number of piperazine rings is 1. The number of para-hydroxylation sites is 2. The summed E-state index contributed by atoms with van der Waals surface area (Å²) < 4.78 is 5.18. The van der Waals surface area contributed by atoms with Crippen LogP contribution in [-0.2, 0) is 9.59 Å². The number of hydrogen-bond acceptors (Lipinski definition) is 4. The van der Waals surface area contributed by atoms with E-state index >= 15 is 0 Å². The fraction of sp³-hybridized carbons (Fsp3) is 0.429. The van der Waals surface area contributed by atoms with E-state index < -0.39 is 0 Å². The molecule has 2 rings (SSSR count). The molecule has 6 heteroatoms. The minimum absolute atomic E-state index is 0.0152. The molecule has 1 aromatic rings. The van der Waals surface area contributed by atoms with Gasteiger partial charge in [0.1, 0.15) is 5.75 Å². The van der Waals surface area contributed by atoms with Crippen LogP contribution in [0.25, 0.3) is 0 Å². The van der Waals surface area contributed by atoms with Crippen molar-refractivity contribution >= 4 is 17.5 Å². The minimum Gasteiger partial charge on any atom is -0.495 e. The van der Waals surface area contributed by atoms with E-state index in [4.69, 9.17) is 4.74 Å². The largest absolute Gasteiger partial charge is 0.495 e. The lowest BCUT2D eigenvalue weighted by atomic mass is 10.2. The van der Waals surface area contributed by atoms with Gasteiger partial charge in [0, 0.05) is 26.1 Å². The Morgan fingerprint density at radius 1 is 1.45 bits per heavy atom. The van der Waals surface area contributed by atoms with Gasteiger partial charge < -0.3 is 15.4 Å². The summed E-state index contributed by atoms with van der Waals surface area (Å²) in [5.41, 5.74) is 0.663. The van der Waals surface area contributed by atoms with Crippen molar-refractivity contribution in [2.75, 3.05) is 38.6 Å². The molecule has 0 radical (unpaired) electrons. The molecular weight excluding hydrogens is 258 g/mol. The maximum atomic E-state index is 11.9. The molecule has 1 aliphatic rings. The number of carbonyl (C=O) groups is 2. The highest BCUT2D eigenvalue weighted by molar-refractivity contribution is 5.92. The van der Waals surface area contributed by atoms with E-state index in [0.29, 0.717) is 37.5 Å². The molecule has 6 nitrogen and oxygen atoms in total. The highest BCUT2D eigenvalue weighted by Crippen LogP contribution is 2.22. The van der Waals surface area contributed by atoms with Crippen molar-refractivity contribution in [2.45, 2.75) is 6.42 Å². The van der Waals surface area contributed by atoms with Crippen LogP contribution in [0, 0.1) is 0 Å². The summed E-state index contributed by atoms with van der Waals surface area (Å²) in [7, 11) is 1.57. The van der Waals surface area contributed by atoms with Gasteiger partial charge in [-0.25, -0.2) is 0 Å². The molecule has 0 aliphatic carbocycles. The standard InChI is InChI=1S/C14H19N3O3/c1-20-12-5-3-2-4-11(12)16-13(18)6-8-17-9-7-15-14(19)10-17/h2-5H,6-10H2,1H3,(H,15,19)(H,16,18). The predicted octanol–water partition coefficient (Wildman–Crippen LogP) is 0.456. The van der Waals surface area contributed by atoms with Gasteiger partial charge in [-0.05, 0) is 12.1 Å². The topological polar surface area (TPSA) is 70.7 Å². The van der Waals surface area contributed by atoms with E-state index in [-0.39, 0.29) is 11.8 Å². The number of nitrogens with zero attached hydrogens (tertiary/aromatic N) is 1. The lowest BCUT2D eigenvalue weighted by Crippen LogP contribution is -2.48. The zero-order valence-electron chi connectivity index (χ0n) is 11.5. The van der Waals surface area contributed by atoms with Gasteiger partial charge in [0.15, 0.2) is 0 Å². The number of hydrogen-bond donors (Lipinski definition) is 2. The third kappa shape index (κ3) is 3.96. The Kier molecular flexibility index (Phi) is 4.95. The Bertz CT molecular complexity index is 490. The van der Waals surface area contributed by atoms with Crippen molar-refractivity contribution in [3.05, 3.63) is 24.3 Å². The summed E-state index contributed by atoms with van der Waals surface area (Å²) in [6.07, 6.45) is 0.353. The van der Waals surface area contributed by atoms with Crippen molar-refractivity contribution in [1.82, 2.24) is 10.2 Å². The highest BCUT2D eigenvalue weighted by Gasteiger charge is 2.16. The number of amides is 2. The second-order valence-corrected chi connectivity index (χ2v) is 4.62. The average Bonchev–Trinajstić information content (AvgIpc) is 2.46. The summed E-state index contributed by atoms with van der Waals surface area (Å²) in [5.74, 6) is 0.570. The van der Waals surface area contributed by atoms with E-state index in [2.05, 4.69) is 10.6 Å². The smallest absolute Gasteiger partial charge is 0.234 e. The van der Waals surface area contributed by atoms with E-state index in [0.717, 1.165) is 6.54 Å². The Hall–Kier alpha value is -2.08. The molecule has 0 aromatic heterocycles. The Labute approximate surface area is 118 Å². The molecule has 2 N–H and O–H groups in total. The maximum Gasteiger partial charge on any atom is 0.234 e. The molecule has 0 unspecified atom stereocenters. The Morgan fingerprint density at radius 3 is 3.00 bits per heavy atom. The Morgan fingerprint density at radius 2 is 2.25 bits per heavy atom. The van der Waals surface area contributed by atoms with Gasteiger partial charge in [0.2, 0.25) is 11.8 Å². The van der Waals surface area contributed by atoms with Crippen LogP contribution in [0.3, 0.4) is 0 Å². The molecule has 1 heterocycles. The van der Waals surface area contributed by atoms with Gasteiger partial charge in [-0.1, -0.05) is 12.1 Å². The Balaban J connectivity index is 1.82. The van der Waals surface area contributed by atoms with Gasteiger partial charge in [0.25, 0.3) is 0 Å². The number of methoxy groups -OCH3 is 1. The second-order valence-electron chi connectivity index (χ2n) is 4.62. The lowest BCUT2D eigenvalue weighted by molar-refractivity contribution is -0.125. The molecule has 2 amide bonds. The molecule has 108 valence electrons. The quantitative estimate of drug-likeness (QED) is 0.820. The molecular formula is C14H19N3O3. The number of anilines is 1. The fourth-order valence-corrected chi connectivity index (χ4v) is 2.10. The minimum atomic E-state index is -0.0829. The molecule has 20 heavy (non-hydrogen) atoms. The molecule has 1 saturated heterocycles. The lowest BCUT2D eigenvalue weighted by Gasteiger charge is -2.26. The van der Waals surface area contributed by atoms with Crippen LogP contribution in [0.4, 0.5) is 5.69 Å². The SMILES string of the molecule is COc1ccccc1NC(=O)CCN1CCNC(=O)C1. The van der Waals surface area contributed by atoms with Crippen molar-refractivity contribution in [2.24, 2.45) is 0 Å². The van der Waals surface area contributed by atoms with E-state index in [1.54, 1.807) is 19.2 Å². The number of rotatable bonds is 5. The second kappa shape index (κ2) is 6.91. The van der Waals surface area contributed by atoms with Gasteiger partial charge in [-0.3, -0.25) is 14.5 Å². The van der Waals surface area contributed by atoms with Crippen molar-refractivity contribution < 1.29 is 14.3 Å². The molecule has 0 bridgehead atoms. The average molecular weight is 277 g/mol. The van der Waals surface area contributed by atoms with Crippen LogP contribution in [0.15, 0.2) is 24.3 Å². The molecule has 1 fully saturated rings. The fourth-order valence-electron chi connectivity index (χ4n) is 2.10. The van der Waals surface area contributed by atoms with Gasteiger partial charge in [-0.2, -0.15) is 0 Å². The van der Waals surface area contributed by atoms with Gasteiger partial charge in [-0.15, -0.1) is 0 Å². The number of ether oxygens (including phenoxy) is 1. The van der Waals surface area contributed by atoms with Crippen LogP contribution in [0.1, 0.15) is 6.42 Å². The molecule has 0 atom stereocenters. The van der Waals surface area contributed by atoms with E-state index in [1.807, 2.05) is 17.0 Å². The van der Waals surface area contributed by atoms with Crippen molar-refractivity contribution in [3.8, 4) is 5.75 Å². The predicted molar refractivity (Wildman–Crippen MR) is 75.7 cm³/mol. The maximum absolute atomic E-state index is 11.9. The zero-order chi connectivity index (χ0) is 14.4. The summed E-state index contributed by atoms with van der Waals surface area (Å²) in [6.45, 7) is 2.37. The first-order valence-corrected chi connectivity index (χ1v) is 6.61. The molecule has 1 aliphatic heterocycles. The molecule has 0 spiro atoms. The van der Waals surface area contributed by atoms with Crippen molar-refractivity contribution in [3.63, 3.8) is 0 Å². The summed E-state index contributed by atoms with van der Waals surface area (Å²) in [5, 5.41) is 5.58. The van der Waals surface area contributed by atoms with Crippen LogP contribution in [0.5, 0.6) is 5.75 Å². The summed E-state index contributed by atoms with van der Waals surface area (Å²) in [6, 6.07) is 7.28. The van der Waals surface area contributed by atoms with Crippen LogP contribution in [0.2, 0.25) is 0 Å². The third-order valence-electron chi connectivity index (χ3n) is 3.15. The first kappa shape index (κ1) is 14.3. The number of carbonyl (C=O) groups excluding carboxylic acids is 2. The normalized spacial score (nSPS) is 15.6. The summed E-state index contributed by atoms with van der Waals surface area (Å²) >= 11 is 0. The van der Waals surface area contributed by atoms with E-state index in [1.165, 1.54) is 0 Å². The third-order valence-corrected chi connectivity index (χ3v) is 3.15. The first-order valence-electron chi connectivity index (χ1n) is 6.61.